The van der Waals surface area contributed by atoms with E-state index >= 15 is 0 Å². The van der Waals surface area contributed by atoms with E-state index in [4.69, 9.17) is 9.47 Å². The number of hydrogen-bond donors (Lipinski definition) is 1. The normalized spacial score (nSPS) is 18.1. The van der Waals surface area contributed by atoms with E-state index in [1.54, 1.807) is 6.07 Å². The zero-order valence-electron chi connectivity index (χ0n) is 11.3. The van der Waals surface area contributed by atoms with Crippen molar-refractivity contribution in [2.24, 2.45) is 5.92 Å². The van der Waals surface area contributed by atoms with Crippen molar-refractivity contribution < 1.29 is 14.4 Å². The molecule has 20 heavy (non-hydrogen) atoms. The van der Waals surface area contributed by atoms with Gasteiger partial charge in [0.2, 0.25) is 0 Å². The molecule has 1 N–H and O–H groups in total. The predicted molar refractivity (Wildman–Crippen MR) is 73.7 cm³/mol. The Labute approximate surface area is 117 Å². The molecule has 0 aliphatic carbocycles. The van der Waals surface area contributed by atoms with E-state index in [1.807, 2.05) is 0 Å². The van der Waals surface area contributed by atoms with Crippen LogP contribution in [0.5, 0.6) is 0 Å². The maximum atomic E-state index is 10.5. The summed E-state index contributed by atoms with van der Waals surface area (Å²) in [5.74, 6) is 1.18. The average Bonchev–Trinajstić information content (AvgIpc) is 2.96. The molecule has 110 valence electrons. The number of nitro groups is 1. The molecule has 0 saturated carbocycles. The summed E-state index contributed by atoms with van der Waals surface area (Å²) in [5, 5.41) is 13.6. The van der Waals surface area contributed by atoms with Crippen LogP contribution in [-0.4, -0.2) is 42.9 Å². The molecule has 0 aromatic carbocycles. The smallest absolute Gasteiger partial charge is 0.287 e. The van der Waals surface area contributed by atoms with Crippen LogP contribution < -0.4 is 5.32 Å². The Bertz CT molecular complexity index is 418. The molecule has 0 radical (unpaired) electrons. The first-order valence-electron chi connectivity index (χ1n) is 6.75. The van der Waals surface area contributed by atoms with Gasteiger partial charge >= 0.3 is 0 Å². The van der Waals surface area contributed by atoms with Gasteiger partial charge in [-0.15, -0.1) is 0 Å². The summed E-state index contributed by atoms with van der Waals surface area (Å²) in [7, 11) is 0. The SMILES string of the molecule is O=[N+]([O-])c1ccc(NCCCOCC2CCOC2)nc1. The van der Waals surface area contributed by atoms with Crippen molar-refractivity contribution in [1.82, 2.24) is 4.98 Å². The first kappa shape index (κ1) is 14.7. The number of nitrogens with zero attached hydrogens (tertiary/aromatic N) is 2. The van der Waals surface area contributed by atoms with Gasteiger partial charge in [0.25, 0.3) is 5.69 Å². The Kier molecular flexibility index (Phi) is 5.69. The van der Waals surface area contributed by atoms with Gasteiger partial charge in [-0.1, -0.05) is 0 Å². The third-order valence-corrected chi connectivity index (χ3v) is 3.11. The molecule has 1 atom stereocenters. The number of anilines is 1. The molecule has 0 bridgehead atoms. The first-order chi connectivity index (χ1) is 9.75. The van der Waals surface area contributed by atoms with E-state index in [9.17, 15) is 10.1 Å². The van der Waals surface area contributed by atoms with E-state index < -0.39 is 4.92 Å². The summed E-state index contributed by atoms with van der Waals surface area (Å²) in [4.78, 5) is 14.0. The standard InChI is InChI=1S/C13H19N3O4/c17-16(18)12-2-3-13(15-8-12)14-5-1-6-19-9-11-4-7-20-10-11/h2-3,8,11H,1,4-7,9-10H2,(H,14,15). The quantitative estimate of drug-likeness (QED) is 0.444. The lowest BCUT2D eigenvalue weighted by molar-refractivity contribution is -0.385. The van der Waals surface area contributed by atoms with E-state index in [0.29, 0.717) is 18.3 Å². The van der Waals surface area contributed by atoms with E-state index in [2.05, 4.69) is 10.3 Å². The molecule has 1 aromatic heterocycles. The maximum absolute atomic E-state index is 10.5. The summed E-state index contributed by atoms with van der Waals surface area (Å²) >= 11 is 0. The van der Waals surface area contributed by atoms with Crippen molar-refractivity contribution in [2.45, 2.75) is 12.8 Å². The highest BCUT2D eigenvalue weighted by molar-refractivity contribution is 5.39. The van der Waals surface area contributed by atoms with Gasteiger partial charge in [-0.2, -0.15) is 0 Å². The Hall–Kier alpha value is -1.73. The van der Waals surface area contributed by atoms with Crippen LogP contribution >= 0.6 is 0 Å². The fourth-order valence-electron chi connectivity index (χ4n) is 1.95. The summed E-state index contributed by atoms with van der Waals surface area (Å²) in [6.45, 7) is 3.84. The number of hydrogen-bond acceptors (Lipinski definition) is 6. The molecule has 0 amide bonds. The lowest BCUT2D eigenvalue weighted by Crippen LogP contribution is -2.12. The highest BCUT2D eigenvalue weighted by atomic mass is 16.6. The molecular formula is C13H19N3O4. The second kappa shape index (κ2) is 7.76. The molecule has 1 unspecified atom stereocenters. The van der Waals surface area contributed by atoms with Crippen molar-refractivity contribution in [3.05, 3.63) is 28.4 Å². The number of aromatic nitrogens is 1. The molecule has 1 aliphatic rings. The molecule has 1 fully saturated rings. The van der Waals surface area contributed by atoms with E-state index in [0.717, 1.165) is 39.2 Å². The van der Waals surface area contributed by atoms with Crippen molar-refractivity contribution in [1.29, 1.82) is 0 Å². The third kappa shape index (κ3) is 4.75. The summed E-state index contributed by atoms with van der Waals surface area (Å²) in [5.41, 5.74) is -0.00216. The monoisotopic (exact) mass is 281 g/mol. The lowest BCUT2D eigenvalue weighted by atomic mass is 10.1. The van der Waals surface area contributed by atoms with Crippen molar-refractivity contribution in [2.75, 3.05) is 38.3 Å². The molecule has 7 heteroatoms. The van der Waals surface area contributed by atoms with Gasteiger partial charge in [-0.3, -0.25) is 10.1 Å². The van der Waals surface area contributed by atoms with E-state index in [1.165, 1.54) is 12.3 Å². The fraction of sp³-hybridized carbons (Fsp3) is 0.615. The van der Waals surface area contributed by atoms with E-state index in [-0.39, 0.29) is 5.69 Å². The third-order valence-electron chi connectivity index (χ3n) is 3.11. The fourth-order valence-corrected chi connectivity index (χ4v) is 1.95. The van der Waals surface area contributed by atoms with Gasteiger partial charge in [-0.05, 0) is 18.9 Å². The average molecular weight is 281 g/mol. The highest BCUT2D eigenvalue weighted by Gasteiger charge is 2.15. The van der Waals surface area contributed by atoms with Crippen LogP contribution in [0.4, 0.5) is 11.5 Å². The van der Waals surface area contributed by atoms with Gasteiger partial charge in [0.05, 0.1) is 18.1 Å². The zero-order chi connectivity index (χ0) is 14.2. The number of nitrogens with one attached hydrogen (secondary N) is 1. The molecule has 2 heterocycles. The van der Waals surface area contributed by atoms with Crippen LogP contribution in [-0.2, 0) is 9.47 Å². The topological polar surface area (TPSA) is 86.5 Å². The predicted octanol–water partition coefficient (Wildman–Crippen LogP) is 1.84. The molecule has 1 aromatic rings. The van der Waals surface area contributed by atoms with Crippen LogP contribution in [0.1, 0.15) is 12.8 Å². The zero-order valence-corrected chi connectivity index (χ0v) is 11.3. The molecule has 2 rings (SSSR count). The molecule has 0 spiro atoms. The summed E-state index contributed by atoms with van der Waals surface area (Å²) < 4.78 is 10.8. The second-order valence-electron chi connectivity index (χ2n) is 4.74. The minimum absolute atomic E-state index is 0.00216. The first-order valence-corrected chi connectivity index (χ1v) is 6.75. The van der Waals surface area contributed by atoms with Crippen LogP contribution in [0.2, 0.25) is 0 Å². The Morgan fingerprint density at radius 1 is 1.55 bits per heavy atom. The van der Waals surface area contributed by atoms with Crippen LogP contribution in [0.25, 0.3) is 0 Å². The summed E-state index contributed by atoms with van der Waals surface area (Å²) in [6, 6.07) is 3.04. The minimum Gasteiger partial charge on any atom is -0.381 e. The van der Waals surface area contributed by atoms with Gasteiger partial charge in [0.15, 0.2) is 0 Å². The number of pyridine rings is 1. The van der Waals surface area contributed by atoms with Crippen molar-refractivity contribution in [3.63, 3.8) is 0 Å². The van der Waals surface area contributed by atoms with Crippen molar-refractivity contribution in [3.8, 4) is 0 Å². The largest absolute Gasteiger partial charge is 0.381 e. The Morgan fingerprint density at radius 2 is 2.45 bits per heavy atom. The molecular weight excluding hydrogens is 262 g/mol. The lowest BCUT2D eigenvalue weighted by Gasteiger charge is -2.09. The van der Waals surface area contributed by atoms with Crippen LogP contribution in [0, 0.1) is 16.0 Å². The second-order valence-corrected chi connectivity index (χ2v) is 4.74. The summed E-state index contributed by atoms with van der Waals surface area (Å²) in [6.07, 6.45) is 3.20. The maximum Gasteiger partial charge on any atom is 0.287 e. The van der Waals surface area contributed by atoms with Crippen molar-refractivity contribution >= 4 is 11.5 Å². The molecule has 7 nitrogen and oxygen atoms in total. The Balaban J connectivity index is 1.55. The van der Waals surface area contributed by atoms with Gasteiger partial charge in [0, 0.05) is 31.7 Å². The van der Waals surface area contributed by atoms with Gasteiger partial charge in [0.1, 0.15) is 12.0 Å². The number of ether oxygens (including phenoxy) is 2. The highest BCUT2D eigenvalue weighted by Crippen LogP contribution is 2.13. The van der Waals surface area contributed by atoms with Crippen LogP contribution in [0.3, 0.4) is 0 Å². The van der Waals surface area contributed by atoms with Gasteiger partial charge in [-0.25, -0.2) is 4.98 Å². The molecule has 1 saturated heterocycles. The number of rotatable bonds is 8. The Morgan fingerprint density at radius 3 is 3.10 bits per heavy atom. The van der Waals surface area contributed by atoms with Crippen LogP contribution in [0.15, 0.2) is 18.3 Å². The minimum atomic E-state index is -0.461. The van der Waals surface area contributed by atoms with Gasteiger partial charge < -0.3 is 14.8 Å². The molecule has 1 aliphatic heterocycles.